The molecule has 6 heteroatoms. The Balaban J connectivity index is 1.47. The van der Waals surface area contributed by atoms with Crippen LogP contribution in [0.25, 0.3) is 10.9 Å². The highest BCUT2D eigenvalue weighted by Crippen LogP contribution is 2.66. The van der Waals surface area contributed by atoms with Crippen molar-refractivity contribution in [2.45, 2.75) is 46.1 Å². The molecule has 6 nitrogen and oxygen atoms in total. The van der Waals surface area contributed by atoms with Gasteiger partial charge in [-0.3, -0.25) is 9.59 Å². The molecule has 2 saturated carbocycles. The zero-order valence-electron chi connectivity index (χ0n) is 16.5. The van der Waals surface area contributed by atoms with Crippen LogP contribution in [0, 0.1) is 17.3 Å². The Labute approximate surface area is 164 Å². The third kappa shape index (κ3) is 3.32. The van der Waals surface area contributed by atoms with Crippen molar-refractivity contribution < 1.29 is 14.3 Å². The van der Waals surface area contributed by atoms with Crippen LogP contribution in [0.3, 0.4) is 0 Å². The second-order valence-electron chi connectivity index (χ2n) is 8.10. The predicted octanol–water partition coefficient (Wildman–Crippen LogP) is 3.48. The van der Waals surface area contributed by atoms with Crippen molar-refractivity contribution in [3.63, 3.8) is 0 Å². The van der Waals surface area contributed by atoms with Gasteiger partial charge in [-0.05, 0) is 37.2 Å². The molecule has 0 saturated heterocycles. The van der Waals surface area contributed by atoms with Crippen molar-refractivity contribution in [2.75, 3.05) is 6.61 Å². The van der Waals surface area contributed by atoms with Crippen LogP contribution >= 0.6 is 0 Å². The molecule has 1 N–H and O–H groups in total. The quantitative estimate of drug-likeness (QED) is 0.473. The van der Waals surface area contributed by atoms with Crippen LogP contribution in [0.5, 0.6) is 0 Å². The molecule has 28 heavy (non-hydrogen) atoms. The van der Waals surface area contributed by atoms with E-state index in [0.29, 0.717) is 12.5 Å². The summed E-state index contributed by atoms with van der Waals surface area (Å²) in [6.07, 6.45) is 8.28. The fraction of sp³-hybridized carbons (Fsp3) is 0.500. The lowest BCUT2D eigenvalue weighted by molar-refractivity contribution is -0.143. The van der Waals surface area contributed by atoms with Gasteiger partial charge in [0.15, 0.2) is 0 Å². The number of ether oxygens (including phenoxy) is 1. The maximum absolute atomic E-state index is 12.6. The van der Waals surface area contributed by atoms with Gasteiger partial charge in [0, 0.05) is 28.6 Å². The first kappa shape index (κ1) is 18.7. The Bertz CT molecular complexity index is 932. The Morgan fingerprint density at radius 1 is 1.36 bits per heavy atom. The average Bonchev–Trinajstić information content (AvgIpc) is 3.18. The molecule has 1 aromatic carbocycles. The molecule has 4 rings (SSSR count). The standard InChI is InChI=1S/C22H27N3O3/c1-3-28-19(26)14-25-13-15(16-8-4-5-10-18(16)25)12-23-24-21(27)20-17-9-6-7-11-22(17,20)2/h4-5,8,10,12-13,17,20H,3,6-7,9,11,14H2,1-2H3,(H,24,27). The lowest BCUT2D eigenvalue weighted by atomic mass is 9.90. The zero-order chi connectivity index (χ0) is 19.7. The first-order valence-corrected chi connectivity index (χ1v) is 10.1. The minimum atomic E-state index is -0.273. The van der Waals surface area contributed by atoms with Crippen LogP contribution in [-0.4, -0.2) is 29.3 Å². The molecule has 0 aliphatic heterocycles. The minimum absolute atomic E-state index is 0.0286. The Morgan fingerprint density at radius 3 is 2.93 bits per heavy atom. The number of amides is 1. The van der Waals surface area contributed by atoms with E-state index in [0.717, 1.165) is 29.3 Å². The zero-order valence-corrected chi connectivity index (χ0v) is 16.5. The van der Waals surface area contributed by atoms with Gasteiger partial charge in [-0.15, -0.1) is 0 Å². The van der Waals surface area contributed by atoms with Gasteiger partial charge in [0.05, 0.1) is 12.8 Å². The molecular weight excluding hydrogens is 354 g/mol. The highest BCUT2D eigenvalue weighted by molar-refractivity contribution is 6.00. The molecule has 1 aromatic heterocycles. The molecule has 2 fully saturated rings. The second-order valence-corrected chi connectivity index (χ2v) is 8.10. The second kappa shape index (κ2) is 7.41. The van der Waals surface area contributed by atoms with Crippen molar-refractivity contribution >= 4 is 29.0 Å². The first-order chi connectivity index (χ1) is 13.5. The fourth-order valence-electron chi connectivity index (χ4n) is 4.94. The third-order valence-corrected chi connectivity index (χ3v) is 6.42. The van der Waals surface area contributed by atoms with Gasteiger partial charge in [0.1, 0.15) is 6.54 Å². The van der Waals surface area contributed by atoms with Crippen LogP contribution in [0.1, 0.15) is 45.1 Å². The summed E-state index contributed by atoms with van der Waals surface area (Å²) in [6.45, 7) is 4.53. The number of carbonyl (C=O) groups is 2. The molecule has 2 aliphatic rings. The van der Waals surface area contributed by atoms with E-state index in [1.165, 1.54) is 12.8 Å². The van der Waals surface area contributed by atoms with Gasteiger partial charge < -0.3 is 9.30 Å². The summed E-state index contributed by atoms with van der Waals surface area (Å²) >= 11 is 0. The van der Waals surface area contributed by atoms with Crippen molar-refractivity contribution in [1.82, 2.24) is 9.99 Å². The largest absolute Gasteiger partial charge is 0.465 e. The highest BCUT2D eigenvalue weighted by Gasteiger charge is 2.64. The van der Waals surface area contributed by atoms with Crippen LogP contribution < -0.4 is 5.43 Å². The average molecular weight is 381 g/mol. The Hall–Kier alpha value is -2.63. The highest BCUT2D eigenvalue weighted by atomic mass is 16.5. The molecular formula is C22H27N3O3. The van der Waals surface area contributed by atoms with Gasteiger partial charge in [0.25, 0.3) is 0 Å². The normalized spacial score (nSPS) is 26.2. The molecule has 3 atom stereocenters. The first-order valence-electron chi connectivity index (χ1n) is 10.1. The Kier molecular flexibility index (Phi) is 4.96. The summed E-state index contributed by atoms with van der Waals surface area (Å²) in [5, 5.41) is 5.20. The summed E-state index contributed by atoms with van der Waals surface area (Å²) in [4.78, 5) is 24.4. The third-order valence-electron chi connectivity index (χ3n) is 6.42. The van der Waals surface area contributed by atoms with Crippen LogP contribution in [0.2, 0.25) is 0 Å². The number of fused-ring (bicyclic) bond motifs is 2. The van der Waals surface area contributed by atoms with Gasteiger partial charge in [-0.2, -0.15) is 5.10 Å². The van der Waals surface area contributed by atoms with Crippen molar-refractivity contribution in [2.24, 2.45) is 22.4 Å². The van der Waals surface area contributed by atoms with Gasteiger partial charge in [-0.1, -0.05) is 38.0 Å². The number of hydrogen-bond acceptors (Lipinski definition) is 4. The number of carbonyl (C=O) groups excluding carboxylic acids is 2. The maximum atomic E-state index is 12.6. The van der Waals surface area contributed by atoms with Crippen LogP contribution in [-0.2, 0) is 20.9 Å². The number of hydrazone groups is 1. The SMILES string of the molecule is CCOC(=O)Cn1cc(C=NNC(=O)C2C3CCCCC32C)c2ccccc21. The lowest BCUT2D eigenvalue weighted by Gasteiger charge is -2.15. The maximum Gasteiger partial charge on any atom is 0.325 e. The fourth-order valence-corrected chi connectivity index (χ4v) is 4.94. The molecule has 3 unspecified atom stereocenters. The molecule has 1 heterocycles. The number of benzene rings is 1. The molecule has 0 radical (unpaired) electrons. The summed E-state index contributed by atoms with van der Waals surface area (Å²) in [5.74, 6) is 0.366. The van der Waals surface area contributed by atoms with Gasteiger partial charge >= 0.3 is 5.97 Å². The summed E-state index contributed by atoms with van der Waals surface area (Å²) in [5.41, 5.74) is 4.71. The van der Waals surface area contributed by atoms with E-state index in [-0.39, 0.29) is 29.8 Å². The van der Waals surface area contributed by atoms with E-state index in [4.69, 9.17) is 4.74 Å². The number of nitrogens with one attached hydrogen (secondary N) is 1. The number of para-hydroxylation sites is 1. The summed E-state index contributed by atoms with van der Waals surface area (Å²) in [6, 6.07) is 7.82. The van der Waals surface area contributed by atoms with Crippen LogP contribution in [0.4, 0.5) is 0 Å². The van der Waals surface area contributed by atoms with E-state index < -0.39 is 0 Å². The minimum Gasteiger partial charge on any atom is -0.465 e. The number of aromatic nitrogens is 1. The molecule has 0 bridgehead atoms. The monoisotopic (exact) mass is 381 g/mol. The summed E-state index contributed by atoms with van der Waals surface area (Å²) in [7, 11) is 0. The number of rotatable bonds is 6. The summed E-state index contributed by atoms with van der Waals surface area (Å²) < 4.78 is 6.91. The smallest absolute Gasteiger partial charge is 0.325 e. The van der Waals surface area contributed by atoms with E-state index >= 15 is 0 Å². The van der Waals surface area contributed by atoms with E-state index in [1.807, 2.05) is 35.0 Å². The lowest BCUT2D eigenvalue weighted by Crippen LogP contribution is -2.22. The molecule has 2 aromatic rings. The molecule has 2 aliphatic carbocycles. The van der Waals surface area contributed by atoms with Crippen molar-refractivity contribution in [1.29, 1.82) is 0 Å². The van der Waals surface area contributed by atoms with Gasteiger partial charge in [0.2, 0.25) is 5.91 Å². The predicted molar refractivity (Wildman–Crippen MR) is 108 cm³/mol. The number of nitrogens with zero attached hydrogens (tertiary/aromatic N) is 2. The Morgan fingerprint density at radius 2 is 2.18 bits per heavy atom. The number of esters is 1. The van der Waals surface area contributed by atoms with Crippen molar-refractivity contribution in [3.05, 3.63) is 36.0 Å². The topological polar surface area (TPSA) is 72.7 Å². The van der Waals surface area contributed by atoms with E-state index in [2.05, 4.69) is 17.5 Å². The molecule has 1 amide bonds. The molecule has 0 spiro atoms. The van der Waals surface area contributed by atoms with Gasteiger partial charge in [-0.25, -0.2) is 5.43 Å². The number of hydrogen-bond donors (Lipinski definition) is 1. The van der Waals surface area contributed by atoms with Crippen LogP contribution in [0.15, 0.2) is 35.6 Å². The molecule has 148 valence electrons. The van der Waals surface area contributed by atoms with Crippen molar-refractivity contribution in [3.8, 4) is 0 Å². The van der Waals surface area contributed by atoms with E-state index in [1.54, 1.807) is 13.1 Å². The van der Waals surface area contributed by atoms with E-state index in [9.17, 15) is 9.59 Å².